The van der Waals surface area contributed by atoms with Crippen molar-refractivity contribution in [1.29, 1.82) is 0 Å². The summed E-state index contributed by atoms with van der Waals surface area (Å²) in [6.07, 6.45) is 7.00. The Balaban J connectivity index is 0.00000264. The second kappa shape index (κ2) is 11.1. The van der Waals surface area contributed by atoms with Crippen LogP contribution < -0.4 is 26.3 Å². The first kappa shape index (κ1) is 19.6. The van der Waals surface area contributed by atoms with E-state index in [1.54, 1.807) is 4.68 Å². The van der Waals surface area contributed by atoms with Crippen molar-refractivity contribution in [2.24, 2.45) is 0 Å². The molecule has 2 rings (SSSR count). The smallest absolute Gasteiger partial charge is 0.192 e. The van der Waals surface area contributed by atoms with E-state index in [9.17, 15) is 4.79 Å². The van der Waals surface area contributed by atoms with Gasteiger partial charge < -0.3 is 21.7 Å². The number of aryl methyl sites for hydroxylation is 2. The minimum atomic E-state index is 0. The van der Waals surface area contributed by atoms with Crippen LogP contribution in [0.3, 0.4) is 0 Å². The number of carbonyl (C=O) groups is 1. The van der Waals surface area contributed by atoms with Gasteiger partial charge in [-0.2, -0.15) is 0 Å². The van der Waals surface area contributed by atoms with Gasteiger partial charge in [-0.3, -0.25) is 4.79 Å². The Morgan fingerprint density at radius 3 is 2.83 bits per heavy atom. The molecule has 2 aromatic rings. The Morgan fingerprint density at radius 2 is 2.17 bits per heavy atom. The van der Waals surface area contributed by atoms with Crippen LogP contribution in [0.15, 0.2) is 30.9 Å². The van der Waals surface area contributed by atoms with Gasteiger partial charge in [0.15, 0.2) is 17.5 Å². The molecule has 0 aliphatic carbocycles. The van der Waals surface area contributed by atoms with Crippen LogP contribution in [-0.4, -0.2) is 37.7 Å². The van der Waals surface area contributed by atoms with Gasteiger partial charge in [-0.1, -0.05) is 18.7 Å². The van der Waals surface area contributed by atoms with Gasteiger partial charge in [-0.15, -0.1) is 5.10 Å². The van der Waals surface area contributed by atoms with E-state index in [0.717, 1.165) is 18.7 Å². The van der Waals surface area contributed by atoms with Gasteiger partial charge in [-0.25, -0.2) is 9.25 Å². The largest absolute Gasteiger partial charge is 1.00 e. The maximum atomic E-state index is 11.7. The number of tetrazole rings is 1. The molecule has 126 valence electrons. The van der Waals surface area contributed by atoms with Crippen molar-refractivity contribution >= 4 is 16.9 Å². The van der Waals surface area contributed by atoms with E-state index in [2.05, 4.69) is 27.0 Å². The molecule has 2 aromatic heterocycles. The molecule has 0 N–H and O–H groups in total. The van der Waals surface area contributed by atoms with Gasteiger partial charge in [0.05, 0.1) is 19.6 Å². The summed E-state index contributed by atoms with van der Waals surface area (Å²) in [4.78, 5) is 11.7. The fourth-order valence-electron chi connectivity index (χ4n) is 1.81. The second-order valence-corrected chi connectivity index (χ2v) is 5.82. The molecule has 0 amide bonds. The lowest BCUT2D eigenvalue weighted by Crippen LogP contribution is -3.00. The second-order valence-electron chi connectivity index (χ2n) is 4.66. The summed E-state index contributed by atoms with van der Waals surface area (Å²) in [6.45, 7) is 4.16. The number of carbonyl (C=O) groups excluding carboxylic acids is 1. The van der Waals surface area contributed by atoms with Crippen LogP contribution in [0.25, 0.3) is 0 Å². The van der Waals surface area contributed by atoms with E-state index in [1.165, 1.54) is 18.1 Å². The molecule has 0 aliphatic heterocycles. The lowest BCUT2D eigenvalue weighted by atomic mass is 10.4. The summed E-state index contributed by atoms with van der Waals surface area (Å²) >= 11 is 1.28. The van der Waals surface area contributed by atoms with Crippen molar-refractivity contribution in [2.45, 2.75) is 32.9 Å². The number of pyridine rings is 1. The van der Waals surface area contributed by atoms with Crippen LogP contribution in [0.2, 0.25) is 0 Å². The predicted molar refractivity (Wildman–Crippen MR) is 82.3 cm³/mol. The first-order valence-corrected chi connectivity index (χ1v) is 8.25. The van der Waals surface area contributed by atoms with Gasteiger partial charge in [0, 0.05) is 24.3 Å². The third-order valence-electron chi connectivity index (χ3n) is 2.89. The highest BCUT2D eigenvalue weighted by molar-refractivity contribution is 8.13. The molecule has 2 heterocycles. The SMILES string of the molecule is CCC[n+]1ccc(OCCC(=O)SCCn2cnnn2)cc1.[Br-]. The van der Waals surface area contributed by atoms with Gasteiger partial charge in [-0.05, 0) is 10.4 Å². The third-order valence-corrected chi connectivity index (χ3v) is 3.80. The fraction of sp³-hybridized carbons (Fsp3) is 0.500. The minimum Gasteiger partial charge on any atom is -1.00 e. The fourth-order valence-corrected chi connectivity index (χ4v) is 2.54. The number of halogens is 1. The van der Waals surface area contributed by atoms with Crippen LogP contribution in [0.4, 0.5) is 0 Å². The van der Waals surface area contributed by atoms with Crippen molar-refractivity contribution in [2.75, 3.05) is 12.4 Å². The summed E-state index contributed by atoms with van der Waals surface area (Å²) in [5.41, 5.74) is 0. The highest BCUT2D eigenvalue weighted by Gasteiger charge is 2.05. The Kier molecular flexibility index (Phi) is 9.46. The molecule has 0 fully saturated rings. The van der Waals surface area contributed by atoms with E-state index in [4.69, 9.17) is 4.74 Å². The van der Waals surface area contributed by atoms with Crippen molar-refractivity contribution in [3.05, 3.63) is 30.9 Å². The molecule has 0 atom stereocenters. The topological polar surface area (TPSA) is 73.8 Å². The van der Waals surface area contributed by atoms with E-state index in [-0.39, 0.29) is 22.1 Å². The van der Waals surface area contributed by atoms with E-state index < -0.39 is 0 Å². The maximum Gasteiger partial charge on any atom is 0.192 e. The lowest BCUT2D eigenvalue weighted by molar-refractivity contribution is -0.697. The predicted octanol–water partition coefficient (Wildman–Crippen LogP) is -1.90. The van der Waals surface area contributed by atoms with Crippen LogP contribution >= 0.6 is 11.8 Å². The first-order valence-electron chi connectivity index (χ1n) is 7.26. The molecule has 23 heavy (non-hydrogen) atoms. The highest BCUT2D eigenvalue weighted by atomic mass is 79.9. The average molecular weight is 402 g/mol. The zero-order chi connectivity index (χ0) is 15.6. The minimum absolute atomic E-state index is 0. The standard InChI is InChI=1S/C14H20N5O2S.BrH/c1-2-6-18-7-3-13(4-8-18)21-10-5-14(20)22-11-9-19-12-15-16-17-19;/h3-4,7-8,12H,2,5-6,9-11H2,1H3;1H/q+1;/p-1. The number of thioether (sulfide) groups is 1. The molecule has 7 nitrogen and oxygen atoms in total. The summed E-state index contributed by atoms with van der Waals surface area (Å²) in [6, 6.07) is 3.84. The number of nitrogens with zero attached hydrogens (tertiary/aromatic N) is 5. The van der Waals surface area contributed by atoms with E-state index in [0.29, 0.717) is 25.3 Å². The first-order chi connectivity index (χ1) is 10.8. The van der Waals surface area contributed by atoms with Crippen molar-refractivity contribution in [1.82, 2.24) is 20.2 Å². The Bertz CT molecular complexity index is 565. The number of hydrogen-bond acceptors (Lipinski definition) is 6. The molecule has 9 heteroatoms. The number of rotatable bonds is 9. The van der Waals surface area contributed by atoms with E-state index in [1.807, 2.05) is 24.5 Å². The van der Waals surface area contributed by atoms with Crippen LogP contribution in [-0.2, 0) is 17.9 Å². The third kappa shape index (κ3) is 7.56. The average Bonchev–Trinajstić information content (AvgIpc) is 3.03. The quantitative estimate of drug-likeness (QED) is 0.457. The van der Waals surface area contributed by atoms with Gasteiger partial charge in [0.1, 0.15) is 18.6 Å². The molecule has 0 saturated heterocycles. The van der Waals surface area contributed by atoms with Gasteiger partial charge in [0.2, 0.25) is 0 Å². The summed E-state index contributed by atoms with van der Waals surface area (Å²) in [5, 5.41) is 10.9. The van der Waals surface area contributed by atoms with Gasteiger partial charge in [0.25, 0.3) is 0 Å². The highest BCUT2D eigenvalue weighted by Crippen LogP contribution is 2.10. The normalized spacial score (nSPS) is 10.1. The maximum absolute atomic E-state index is 11.7. The monoisotopic (exact) mass is 401 g/mol. The lowest BCUT2D eigenvalue weighted by Gasteiger charge is -2.05. The summed E-state index contributed by atoms with van der Waals surface area (Å²) in [7, 11) is 0. The number of ether oxygens (including phenoxy) is 1. The Hall–Kier alpha value is -1.48. The zero-order valence-electron chi connectivity index (χ0n) is 13.0. The molecule has 0 radical (unpaired) electrons. The van der Waals surface area contributed by atoms with Crippen molar-refractivity contribution < 1.29 is 31.1 Å². The molecular weight excluding hydrogens is 382 g/mol. The summed E-state index contributed by atoms with van der Waals surface area (Å²) in [5.74, 6) is 1.45. The summed E-state index contributed by atoms with van der Waals surface area (Å²) < 4.78 is 9.28. The van der Waals surface area contributed by atoms with Gasteiger partial charge >= 0.3 is 0 Å². The molecule has 0 bridgehead atoms. The number of aromatic nitrogens is 5. The molecular formula is C14H20BrN5O2S. The number of hydrogen-bond donors (Lipinski definition) is 0. The Morgan fingerprint density at radius 1 is 1.39 bits per heavy atom. The molecule has 0 saturated carbocycles. The molecule has 0 aliphatic rings. The van der Waals surface area contributed by atoms with Crippen LogP contribution in [0.1, 0.15) is 19.8 Å². The van der Waals surface area contributed by atoms with Crippen molar-refractivity contribution in [3.63, 3.8) is 0 Å². The molecule has 0 spiro atoms. The zero-order valence-corrected chi connectivity index (χ0v) is 15.4. The molecule has 0 unspecified atom stereocenters. The molecule has 0 aromatic carbocycles. The van der Waals surface area contributed by atoms with Crippen molar-refractivity contribution in [3.8, 4) is 5.75 Å². The van der Waals surface area contributed by atoms with Crippen LogP contribution in [0.5, 0.6) is 5.75 Å². The van der Waals surface area contributed by atoms with Crippen LogP contribution in [0, 0.1) is 0 Å². The van der Waals surface area contributed by atoms with E-state index >= 15 is 0 Å². The Labute approximate surface area is 150 Å².